The fourth-order valence-electron chi connectivity index (χ4n) is 1.07. The van der Waals surface area contributed by atoms with Gasteiger partial charge in [-0.05, 0) is 13.8 Å². The quantitative estimate of drug-likeness (QED) is 0.797. The maximum atomic E-state index is 11.8. The van der Waals surface area contributed by atoms with Gasteiger partial charge in [0.1, 0.15) is 4.90 Å². The molecule has 0 fully saturated rings. The molecular formula is C8H10N6O2S. The summed E-state index contributed by atoms with van der Waals surface area (Å²) >= 11 is 0. The van der Waals surface area contributed by atoms with Crippen LogP contribution in [0.4, 0.5) is 5.95 Å². The summed E-state index contributed by atoms with van der Waals surface area (Å²) in [7, 11) is -3.71. The van der Waals surface area contributed by atoms with Crippen molar-refractivity contribution in [2.75, 3.05) is 4.72 Å². The standard InChI is InChI=1S/C8H10N6O2S/c1-5-6(2)12-13-8(11-5)14-17(15,16)7-3-9-10-4-7/h3-4H,1-2H3,(H,9,10)(H,11,13,14). The van der Waals surface area contributed by atoms with Crippen LogP contribution in [0.3, 0.4) is 0 Å². The number of hydrogen-bond acceptors (Lipinski definition) is 6. The molecule has 0 aromatic carbocycles. The summed E-state index contributed by atoms with van der Waals surface area (Å²) in [5.41, 5.74) is 1.26. The Balaban J connectivity index is 2.30. The van der Waals surface area contributed by atoms with Crippen LogP contribution in [0.15, 0.2) is 17.3 Å². The molecule has 2 aromatic rings. The molecule has 8 nitrogen and oxygen atoms in total. The van der Waals surface area contributed by atoms with Crippen molar-refractivity contribution in [2.45, 2.75) is 18.7 Å². The van der Waals surface area contributed by atoms with Gasteiger partial charge < -0.3 is 0 Å². The summed E-state index contributed by atoms with van der Waals surface area (Å²) in [5, 5.41) is 13.4. The number of nitrogens with zero attached hydrogens (tertiary/aromatic N) is 4. The van der Waals surface area contributed by atoms with E-state index in [0.29, 0.717) is 11.4 Å². The summed E-state index contributed by atoms with van der Waals surface area (Å²) in [6.45, 7) is 3.46. The second kappa shape index (κ2) is 4.09. The second-order valence-corrected chi connectivity index (χ2v) is 5.03. The van der Waals surface area contributed by atoms with Crippen LogP contribution in [0.5, 0.6) is 0 Å². The molecule has 0 atom stereocenters. The Labute approximate surface area is 97.6 Å². The van der Waals surface area contributed by atoms with Crippen LogP contribution < -0.4 is 4.72 Å². The molecule has 2 rings (SSSR count). The van der Waals surface area contributed by atoms with E-state index in [0.717, 1.165) is 0 Å². The molecule has 0 aliphatic rings. The Morgan fingerprint density at radius 2 is 2.00 bits per heavy atom. The van der Waals surface area contributed by atoms with E-state index < -0.39 is 10.0 Å². The van der Waals surface area contributed by atoms with Gasteiger partial charge in [0.15, 0.2) is 0 Å². The van der Waals surface area contributed by atoms with Gasteiger partial charge in [-0.2, -0.15) is 10.2 Å². The lowest BCUT2D eigenvalue weighted by Gasteiger charge is -2.04. The largest absolute Gasteiger partial charge is 0.284 e. The van der Waals surface area contributed by atoms with Crippen molar-refractivity contribution in [3.8, 4) is 0 Å². The van der Waals surface area contributed by atoms with Crippen LogP contribution in [-0.4, -0.2) is 33.8 Å². The number of sulfonamides is 1. The number of rotatable bonds is 3. The lowest BCUT2D eigenvalue weighted by Crippen LogP contribution is -2.15. The zero-order valence-corrected chi connectivity index (χ0v) is 9.98. The van der Waals surface area contributed by atoms with Gasteiger partial charge in [0.25, 0.3) is 16.0 Å². The van der Waals surface area contributed by atoms with Crippen molar-refractivity contribution in [1.82, 2.24) is 25.4 Å². The van der Waals surface area contributed by atoms with E-state index in [9.17, 15) is 8.42 Å². The number of hydrogen-bond donors (Lipinski definition) is 2. The molecule has 2 aromatic heterocycles. The summed E-state index contributed by atoms with van der Waals surface area (Å²) in [4.78, 5) is 3.99. The van der Waals surface area contributed by atoms with Crippen molar-refractivity contribution in [3.63, 3.8) is 0 Å². The third-order valence-corrected chi connectivity index (χ3v) is 3.40. The SMILES string of the molecule is Cc1nnc(NS(=O)(=O)c2cn[nH]c2)nc1C. The molecular weight excluding hydrogens is 244 g/mol. The third-order valence-electron chi connectivity index (χ3n) is 2.10. The zero-order valence-electron chi connectivity index (χ0n) is 9.17. The van der Waals surface area contributed by atoms with Gasteiger partial charge in [-0.1, -0.05) is 0 Å². The number of aryl methyl sites for hydroxylation is 2. The molecule has 0 aliphatic heterocycles. The minimum atomic E-state index is -3.71. The predicted molar refractivity (Wildman–Crippen MR) is 58.7 cm³/mol. The number of aromatic amines is 1. The Bertz CT molecular complexity index is 621. The van der Waals surface area contributed by atoms with Gasteiger partial charge in [-0.15, -0.1) is 5.10 Å². The van der Waals surface area contributed by atoms with E-state index in [-0.39, 0.29) is 10.8 Å². The second-order valence-electron chi connectivity index (χ2n) is 3.35. The van der Waals surface area contributed by atoms with E-state index in [4.69, 9.17) is 0 Å². The van der Waals surface area contributed by atoms with Crippen LogP contribution in [0.25, 0.3) is 0 Å². The monoisotopic (exact) mass is 254 g/mol. The highest BCUT2D eigenvalue weighted by atomic mass is 32.2. The molecule has 17 heavy (non-hydrogen) atoms. The summed E-state index contributed by atoms with van der Waals surface area (Å²) in [6, 6.07) is 0. The number of anilines is 1. The van der Waals surface area contributed by atoms with Crippen molar-refractivity contribution < 1.29 is 8.42 Å². The maximum absolute atomic E-state index is 11.8. The number of nitrogens with one attached hydrogen (secondary N) is 2. The minimum Gasteiger partial charge on any atom is -0.284 e. The van der Waals surface area contributed by atoms with Gasteiger partial charge >= 0.3 is 0 Å². The summed E-state index contributed by atoms with van der Waals surface area (Å²) in [5.74, 6) is -0.0608. The van der Waals surface area contributed by atoms with Gasteiger partial charge in [-0.3, -0.25) is 5.10 Å². The first kappa shape index (κ1) is 11.5. The molecule has 90 valence electrons. The van der Waals surface area contributed by atoms with Gasteiger partial charge in [0.2, 0.25) is 0 Å². The molecule has 0 spiro atoms. The molecule has 0 bridgehead atoms. The average Bonchev–Trinajstić information content (AvgIpc) is 2.77. The first-order chi connectivity index (χ1) is 7.99. The zero-order chi connectivity index (χ0) is 12.5. The Kier molecular flexibility index (Phi) is 2.76. The van der Waals surface area contributed by atoms with E-state index in [1.54, 1.807) is 13.8 Å². The summed E-state index contributed by atoms with van der Waals surface area (Å²) in [6.07, 6.45) is 2.45. The van der Waals surface area contributed by atoms with E-state index in [1.165, 1.54) is 12.4 Å². The first-order valence-electron chi connectivity index (χ1n) is 4.68. The summed E-state index contributed by atoms with van der Waals surface area (Å²) < 4.78 is 25.8. The van der Waals surface area contributed by atoms with Gasteiger partial charge in [-0.25, -0.2) is 18.1 Å². The van der Waals surface area contributed by atoms with Crippen LogP contribution in [0, 0.1) is 13.8 Å². The van der Waals surface area contributed by atoms with Gasteiger partial charge in [0, 0.05) is 6.20 Å². The highest BCUT2D eigenvalue weighted by Crippen LogP contribution is 2.10. The van der Waals surface area contributed by atoms with Crippen molar-refractivity contribution in [3.05, 3.63) is 23.8 Å². The predicted octanol–water partition coefficient (Wildman–Crippen LogP) is 0.0123. The molecule has 0 saturated carbocycles. The molecule has 0 saturated heterocycles. The van der Waals surface area contributed by atoms with Crippen LogP contribution in [0.2, 0.25) is 0 Å². The lowest BCUT2D eigenvalue weighted by molar-refractivity contribution is 0.600. The normalized spacial score (nSPS) is 11.4. The highest BCUT2D eigenvalue weighted by molar-refractivity contribution is 7.92. The highest BCUT2D eigenvalue weighted by Gasteiger charge is 2.17. The first-order valence-corrected chi connectivity index (χ1v) is 6.17. The molecule has 0 aliphatic carbocycles. The van der Waals surface area contributed by atoms with E-state index in [1.807, 2.05) is 0 Å². The lowest BCUT2D eigenvalue weighted by atomic mass is 10.4. The fraction of sp³-hybridized carbons (Fsp3) is 0.250. The molecule has 2 N–H and O–H groups in total. The Morgan fingerprint density at radius 3 is 2.59 bits per heavy atom. The number of H-pyrrole nitrogens is 1. The molecule has 2 heterocycles. The average molecular weight is 254 g/mol. The van der Waals surface area contributed by atoms with Crippen LogP contribution >= 0.6 is 0 Å². The Hall–Kier alpha value is -2.03. The molecule has 9 heteroatoms. The van der Waals surface area contributed by atoms with Gasteiger partial charge in [0.05, 0.1) is 17.6 Å². The van der Waals surface area contributed by atoms with Crippen molar-refractivity contribution in [1.29, 1.82) is 0 Å². The fourth-order valence-corrected chi connectivity index (χ4v) is 1.91. The molecule has 0 radical (unpaired) electrons. The molecule has 0 unspecified atom stereocenters. The number of aromatic nitrogens is 5. The van der Waals surface area contributed by atoms with Crippen molar-refractivity contribution >= 4 is 16.0 Å². The third kappa shape index (κ3) is 2.38. The minimum absolute atomic E-state index is 0.0133. The van der Waals surface area contributed by atoms with Crippen molar-refractivity contribution in [2.24, 2.45) is 0 Å². The molecule has 0 amide bonds. The topological polar surface area (TPSA) is 114 Å². The van der Waals surface area contributed by atoms with Crippen LogP contribution in [0.1, 0.15) is 11.4 Å². The Morgan fingerprint density at radius 1 is 1.24 bits per heavy atom. The van der Waals surface area contributed by atoms with E-state index >= 15 is 0 Å². The smallest absolute Gasteiger partial charge is 0.267 e. The maximum Gasteiger partial charge on any atom is 0.267 e. The van der Waals surface area contributed by atoms with E-state index in [2.05, 4.69) is 30.1 Å². The van der Waals surface area contributed by atoms with Crippen LogP contribution in [-0.2, 0) is 10.0 Å².